The Balaban J connectivity index is 1.70. The Morgan fingerprint density at radius 2 is 1.90 bits per heavy atom. The van der Waals surface area contributed by atoms with Gasteiger partial charge in [0.05, 0.1) is 26.3 Å². The summed E-state index contributed by atoms with van der Waals surface area (Å²) < 4.78 is 49.2. The molecule has 0 aromatic heterocycles. The van der Waals surface area contributed by atoms with E-state index in [4.69, 9.17) is 9.47 Å². The van der Waals surface area contributed by atoms with Crippen LogP contribution in [0.15, 0.2) is 42.5 Å². The molecule has 1 fully saturated rings. The maximum Gasteiger partial charge on any atom is 0.416 e. The number of benzene rings is 2. The van der Waals surface area contributed by atoms with E-state index in [1.54, 1.807) is 31.3 Å². The van der Waals surface area contributed by atoms with Gasteiger partial charge in [0.1, 0.15) is 11.5 Å². The van der Waals surface area contributed by atoms with Gasteiger partial charge in [0.2, 0.25) is 5.91 Å². The third-order valence-electron chi connectivity index (χ3n) is 4.77. The van der Waals surface area contributed by atoms with Crippen LogP contribution in [-0.2, 0) is 17.5 Å². The number of hydrogen-bond acceptors (Lipinski definition) is 4. The number of hydrogen-bond donors (Lipinski definition) is 1. The van der Waals surface area contributed by atoms with Gasteiger partial charge in [-0.25, -0.2) is 0 Å². The second-order valence-electron chi connectivity index (χ2n) is 6.86. The van der Waals surface area contributed by atoms with E-state index in [2.05, 4.69) is 5.32 Å². The summed E-state index contributed by atoms with van der Waals surface area (Å²) in [4.78, 5) is 14.5. The van der Waals surface area contributed by atoms with E-state index < -0.39 is 11.7 Å². The van der Waals surface area contributed by atoms with Crippen molar-refractivity contribution in [2.45, 2.75) is 31.6 Å². The fourth-order valence-electron chi connectivity index (χ4n) is 3.08. The van der Waals surface area contributed by atoms with Gasteiger partial charge in [-0.05, 0) is 49.2 Å². The first-order valence-electron chi connectivity index (χ1n) is 9.23. The van der Waals surface area contributed by atoms with Gasteiger partial charge in [-0.1, -0.05) is 6.07 Å². The molecule has 5 nitrogen and oxygen atoms in total. The zero-order valence-electron chi connectivity index (χ0n) is 16.3. The standard InChI is InChI=1S/C21H23F3N2O3/c1-28-18-8-9-19(29-2)14(10-18)13-26(17-6-7-17)20(27)12-25-16-5-3-4-15(11-16)21(22,23)24/h3-5,8-11,17,25H,6-7,12-13H2,1-2H3. The fraction of sp³-hybridized carbons (Fsp3) is 0.381. The summed E-state index contributed by atoms with van der Waals surface area (Å²) in [6.07, 6.45) is -2.62. The minimum atomic E-state index is -4.43. The molecule has 1 saturated carbocycles. The first-order chi connectivity index (χ1) is 13.8. The highest BCUT2D eigenvalue weighted by molar-refractivity contribution is 5.81. The van der Waals surface area contributed by atoms with Crippen molar-refractivity contribution in [1.82, 2.24) is 4.90 Å². The Labute approximate surface area is 167 Å². The predicted octanol–water partition coefficient (Wildman–Crippen LogP) is 4.33. The second kappa shape index (κ2) is 8.63. The summed E-state index contributed by atoms with van der Waals surface area (Å²) in [5, 5.41) is 2.81. The quantitative estimate of drug-likeness (QED) is 0.707. The van der Waals surface area contributed by atoms with Crippen molar-refractivity contribution in [3.8, 4) is 11.5 Å². The lowest BCUT2D eigenvalue weighted by Gasteiger charge is -2.24. The number of ether oxygens (including phenoxy) is 2. The minimum absolute atomic E-state index is 0.0932. The molecule has 1 N–H and O–H groups in total. The van der Waals surface area contributed by atoms with E-state index in [0.717, 1.165) is 30.5 Å². The van der Waals surface area contributed by atoms with Crippen molar-refractivity contribution in [2.75, 3.05) is 26.1 Å². The largest absolute Gasteiger partial charge is 0.497 e. The summed E-state index contributed by atoms with van der Waals surface area (Å²) in [6.45, 7) is 0.248. The first-order valence-corrected chi connectivity index (χ1v) is 9.23. The summed E-state index contributed by atoms with van der Waals surface area (Å²) in [7, 11) is 3.12. The number of anilines is 1. The molecule has 2 aromatic carbocycles. The maximum absolute atomic E-state index is 12.9. The molecule has 1 aliphatic rings. The lowest BCUT2D eigenvalue weighted by molar-refractivity contribution is -0.137. The van der Waals surface area contributed by atoms with Gasteiger partial charge in [0.25, 0.3) is 0 Å². The van der Waals surface area contributed by atoms with Gasteiger partial charge in [0, 0.05) is 23.8 Å². The monoisotopic (exact) mass is 408 g/mol. The van der Waals surface area contributed by atoms with Gasteiger partial charge >= 0.3 is 6.18 Å². The SMILES string of the molecule is COc1ccc(OC)c(CN(C(=O)CNc2cccc(C(F)(F)F)c2)C2CC2)c1. The Bertz CT molecular complexity index is 866. The zero-order valence-corrected chi connectivity index (χ0v) is 16.3. The van der Waals surface area contributed by atoms with E-state index in [0.29, 0.717) is 18.0 Å². The van der Waals surface area contributed by atoms with Crippen LogP contribution in [-0.4, -0.2) is 37.6 Å². The molecule has 0 unspecified atom stereocenters. The molecule has 0 bridgehead atoms. The normalized spacial score (nSPS) is 13.7. The Morgan fingerprint density at radius 1 is 1.14 bits per heavy atom. The van der Waals surface area contributed by atoms with Crippen molar-refractivity contribution < 1.29 is 27.4 Å². The van der Waals surface area contributed by atoms with Crippen LogP contribution < -0.4 is 14.8 Å². The molecule has 2 aromatic rings. The lowest BCUT2D eigenvalue weighted by Crippen LogP contribution is -2.37. The minimum Gasteiger partial charge on any atom is -0.497 e. The van der Waals surface area contributed by atoms with Crippen LogP contribution in [0.4, 0.5) is 18.9 Å². The van der Waals surface area contributed by atoms with Crippen molar-refractivity contribution in [3.63, 3.8) is 0 Å². The number of methoxy groups -OCH3 is 2. The van der Waals surface area contributed by atoms with Gasteiger partial charge in [-0.3, -0.25) is 4.79 Å². The number of amides is 1. The van der Waals surface area contributed by atoms with E-state index in [9.17, 15) is 18.0 Å². The third kappa shape index (κ3) is 5.34. The van der Waals surface area contributed by atoms with Crippen molar-refractivity contribution in [2.24, 2.45) is 0 Å². The number of rotatable bonds is 8. The highest BCUT2D eigenvalue weighted by Crippen LogP contribution is 2.33. The first kappa shape index (κ1) is 20.8. The molecule has 3 rings (SSSR count). The molecular formula is C21H23F3N2O3. The van der Waals surface area contributed by atoms with Crippen molar-refractivity contribution >= 4 is 11.6 Å². The summed E-state index contributed by atoms with van der Waals surface area (Å²) in [5.41, 5.74) is 0.309. The Morgan fingerprint density at radius 3 is 2.52 bits per heavy atom. The number of nitrogens with zero attached hydrogens (tertiary/aromatic N) is 1. The second-order valence-corrected chi connectivity index (χ2v) is 6.86. The van der Waals surface area contributed by atoms with Crippen LogP contribution >= 0.6 is 0 Å². The number of carbonyl (C=O) groups excluding carboxylic acids is 1. The number of halogens is 3. The van der Waals surface area contributed by atoms with Crippen LogP contribution in [0, 0.1) is 0 Å². The van der Waals surface area contributed by atoms with E-state index >= 15 is 0 Å². The fourth-order valence-corrected chi connectivity index (χ4v) is 3.08. The highest BCUT2D eigenvalue weighted by atomic mass is 19.4. The van der Waals surface area contributed by atoms with Crippen LogP contribution in [0.25, 0.3) is 0 Å². The van der Waals surface area contributed by atoms with E-state index in [1.807, 2.05) is 6.07 Å². The molecular weight excluding hydrogens is 385 g/mol. The number of nitrogens with one attached hydrogen (secondary N) is 1. The zero-order chi connectivity index (χ0) is 21.0. The molecule has 1 aliphatic carbocycles. The van der Waals surface area contributed by atoms with Crippen molar-refractivity contribution in [3.05, 3.63) is 53.6 Å². The number of carbonyl (C=O) groups is 1. The molecule has 156 valence electrons. The number of alkyl halides is 3. The molecule has 0 atom stereocenters. The predicted molar refractivity (Wildman–Crippen MR) is 103 cm³/mol. The maximum atomic E-state index is 12.9. The molecule has 0 aliphatic heterocycles. The molecule has 1 amide bonds. The third-order valence-corrected chi connectivity index (χ3v) is 4.77. The van der Waals surface area contributed by atoms with Gasteiger partial charge in [-0.2, -0.15) is 13.2 Å². The average molecular weight is 408 g/mol. The molecule has 0 heterocycles. The van der Waals surface area contributed by atoms with Crippen LogP contribution in [0.3, 0.4) is 0 Å². The average Bonchev–Trinajstić information content (AvgIpc) is 3.54. The van der Waals surface area contributed by atoms with E-state index in [-0.39, 0.29) is 24.2 Å². The molecule has 29 heavy (non-hydrogen) atoms. The Hall–Kier alpha value is -2.90. The van der Waals surface area contributed by atoms with Crippen LogP contribution in [0.1, 0.15) is 24.0 Å². The molecule has 0 spiro atoms. The summed E-state index contributed by atoms with van der Waals surface area (Å²) in [5.74, 6) is 1.12. The summed E-state index contributed by atoms with van der Waals surface area (Å²) >= 11 is 0. The van der Waals surface area contributed by atoms with Gasteiger partial charge < -0.3 is 19.7 Å². The van der Waals surface area contributed by atoms with Gasteiger partial charge in [-0.15, -0.1) is 0 Å². The topological polar surface area (TPSA) is 50.8 Å². The van der Waals surface area contributed by atoms with Gasteiger partial charge in [0.15, 0.2) is 0 Å². The lowest BCUT2D eigenvalue weighted by atomic mass is 10.1. The Kier molecular flexibility index (Phi) is 6.20. The van der Waals surface area contributed by atoms with E-state index in [1.165, 1.54) is 12.1 Å². The summed E-state index contributed by atoms with van der Waals surface area (Å²) in [6, 6.07) is 10.3. The highest BCUT2D eigenvalue weighted by Gasteiger charge is 2.33. The van der Waals surface area contributed by atoms with Crippen LogP contribution in [0.5, 0.6) is 11.5 Å². The molecule has 8 heteroatoms. The molecule has 0 radical (unpaired) electrons. The molecule has 0 saturated heterocycles. The smallest absolute Gasteiger partial charge is 0.416 e. The van der Waals surface area contributed by atoms with Crippen molar-refractivity contribution in [1.29, 1.82) is 0 Å². The van der Waals surface area contributed by atoms with Crippen LogP contribution in [0.2, 0.25) is 0 Å².